The van der Waals surface area contributed by atoms with Crippen LogP contribution < -0.4 is 5.48 Å². The zero-order valence-corrected chi connectivity index (χ0v) is 3.53. The first-order valence-electron chi connectivity index (χ1n) is 1.95. The minimum absolute atomic E-state index is 0.777. The SMILES string of the molecule is C=C1CCON1. The normalized spacial score (nSPS) is 21.0. The van der Waals surface area contributed by atoms with Gasteiger partial charge in [-0.1, -0.05) is 6.58 Å². The van der Waals surface area contributed by atoms with Crippen molar-refractivity contribution in [3.05, 3.63) is 12.3 Å². The van der Waals surface area contributed by atoms with Crippen LogP contribution in [0.15, 0.2) is 12.3 Å². The Morgan fingerprint density at radius 3 is 2.83 bits per heavy atom. The lowest BCUT2D eigenvalue weighted by atomic mass is 10.4. The van der Waals surface area contributed by atoms with E-state index in [0.29, 0.717) is 0 Å². The molecule has 1 N–H and O–H groups in total. The van der Waals surface area contributed by atoms with Gasteiger partial charge in [-0.3, -0.25) is 10.3 Å². The topological polar surface area (TPSA) is 21.3 Å². The summed E-state index contributed by atoms with van der Waals surface area (Å²) in [5.74, 6) is 0. The molecule has 0 aromatic heterocycles. The van der Waals surface area contributed by atoms with E-state index >= 15 is 0 Å². The molecular weight excluding hydrogens is 78.0 g/mol. The Labute approximate surface area is 36.8 Å². The molecule has 34 valence electrons. The molecule has 6 heavy (non-hydrogen) atoms. The minimum Gasteiger partial charge on any atom is -0.276 e. The van der Waals surface area contributed by atoms with Crippen molar-refractivity contribution in [1.29, 1.82) is 0 Å². The smallest absolute Gasteiger partial charge is 0.0801 e. The summed E-state index contributed by atoms with van der Waals surface area (Å²) in [4.78, 5) is 4.71. The van der Waals surface area contributed by atoms with Crippen LogP contribution in [0, 0.1) is 0 Å². The second kappa shape index (κ2) is 1.30. The molecule has 0 aromatic rings. The largest absolute Gasteiger partial charge is 0.276 e. The van der Waals surface area contributed by atoms with Crippen LogP contribution in [0.5, 0.6) is 0 Å². The van der Waals surface area contributed by atoms with Crippen molar-refractivity contribution in [1.82, 2.24) is 5.48 Å². The Balaban J connectivity index is 2.37. The van der Waals surface area contributed by atoms with Crippen LogP contribution in [0.4, 0.5) is 0 Å². The maximum Gasteiger partial charge on any atom is 0.0801 e. The Morgan fingerprint density at radius 2 is 2.67 bits per heavy atom. The second-order valence-corrected chi connectivity index (χ2v) is 1.30. The van der Waals surface area contributed by atoms with Gasteiger partial charge >= 0.3 is 0 Å². The molecule has 0 aromatic carbocycles. The Morgan fingerprint density at radius 1 is 1.83 bits per heavy atom. The highest BCUT2D eigenvalue weighted by Gasteiger charge is 1.99. The second-order valence-electron chi connectivity index (χ2n) is 1.30. The molecule has 1 fully saturated rings. The first-order valence-corrected chi connectivity index (χ1v) is 1.95. The van der Waals surface area contributed by atoms with Gasteiger partial charge in [-0.05, 0) is 0 Å². The summed E-state index contributed by atoms with van der Waals surface area (Å²) >= 11 is 0. The van der Waals surface area contributed by atoms with Gasteiger partial charge in [0.05, 0.1) is 6.61 Å². The van der Waals surface area contributed by atoms with E-state index < -0.39 is 0 Å². The zero-order chi connectivity index (χ0) is 4.41. The highest BCUT2D eigenvalue weighted by atomic mass is 16.7. The Kier molecular flexibility index (Phi) is 0.801. The van der Waals surface area contributed by atoms with Gasteiger partial charge in [-0.15, -0.1) is 0 Å². The van der Waals surface area contributed by atoms with Crippen molar-refractivity contribution in [2.45, 2.75) is 6.42 Å². The molecule has 0 aliphatic carbocycles. The molecule has 0 spiro atoms. The van der Waals surface area contributed by atoms with E-state index in [1.165, 1.54) is 0 Å². The van der Waals surface area contributed by atoms with Gasteiger partial charge in [0.2, 0.25) is 0 Å². The third-order valence-electron chi connectivity index (χ3n) is 0.722. The molecule has 0 radical (unpaired) electrons. The molecule has 1 aliphatic rings. The van der Waals surface area contributed by atoms with Crippen LogP contribution in [-0.2, 0) is 4.84 Å². The molecule has 2 nitrogen and oxygen atoms in total. The molecule has 1 rings (SSSR count). The van der Waals surface area contributed by atoms with Crippen LogP contribution in [0.3, 0.4) is 0 Å². The fourth-order valence-electron chi connectivity index (χ4n) is 0.378. The Bertz CT molecular complexity index is 61.9. The predicted molar refractivity (Wildman–Crippen MR) is 22.8 cm³/mol. The van der Waals surface area contributed by atoms with Crippen molar-refractivity contribution >= 4 is 0 Å². The van der Waals surface area contributed by atoms with Gasteiger partial charge in [-0.2, -0.15) is 0 Å². The van der Waals surface area contributed by atoms with Crippen LogP contribution in [0.2, 0.25) is 0 Å². The van der Waals surface area contributed by atoms with E-state index in [1.54, 1.807) is 0 Å². The maximum absolute atomic E-state index is 4.71. The highest BCUT2D eigenvalue weighted by molar-refractivity contribution is 4.90. The quantitative estimate of drug-likeness (QED) is 0.460. The summed E-state index contributed by atoms with van der Waals surface area (Å²) in [6.45, 7) is 4.39. The molecule has 0 bridgehead atoms. The Hall–Kier alpha value is -0.500. The molecule has 0 unspecified atom stereocenters. The third kappa shape index (κ3) is 0.518. The van der Waals surface area contributed by atoms with Crippen LogP contribution >= 0.6 is 0 Å². The minimum atomic E-state index is 0.777. The van der Waals surface area contributed by atoms with E-state index in [2.05, 4.69) is 12.1 Å². The summed E-state index contributed by atoms with van der Waals surface area (Å²) in [6.07, 6.45) is 0.958. The number of hydroxylamine groups is 1. The monoisotopic (exact) mass is 85.1 g/mol. The van der Waals surface area contributed by atoms with Crippen LogP contribution in [-0.4, -0.2) is 6.61 Å². The van der Waals surface area contributed by atoms with Gasteiger partial charge in [0.25, 0.3) is 0 Å². The van der Waals surface area contributed by atoms with Crippen LogP contribution in [0.25, 0.3) is 0 Å². The predicted octanol–water partition coefficient (Wildman–Crippen LogP) is 0.425. The van der Waals surface area contributed by atoms with Crippen molar-refractivity contribution in [2.75, 3.05) is 6.61 Å². The first kappa shape index (κ1) is 3.68. The fraction of sp³-hybridized carbons (Fsp3) is 0.500. The van der Waals surface area contributed by atoms with Crippen molar-refractivity contribution in [3.63, 3.8) is 0 Å². The molecule has 2 heteroatoms. The van der Waals surface area contributed by atoms with E-state index in [1.807, 2.05) is 0 Å². The summed E-state index contributed by atoms with van der Waals surface area (Å²) in [6, 6.07) is 0. The first-order chi connectivity index (χ1) is 2.89. The molecular formula is C4H7NO. The number of hydrogen-bond acceptors (Lipinski definition) is 2. The summed E-state index contributed by atoms with van der Waals surface area (Å²) < 4.78 is 0. The number of nitrogens with one attached hydrogen (secondary N) is 1. The van der Waals surface area contributed by atoms with Crippen molar-refractivity contribution in [3.8, 4) is 0 Å². The maximum atomic E-state index is 4.71. The van der Waals surface area contributed by atoms with Gasteiger partial charge in [0.15, 0.2) is 0 Å². The van der Waals surface area contributed by atoms with Crippen molar-refractivity contribution < 1.29 is 4.84 Å². The molecule has 0 saturated carbocycles. The lowest BCUT2D eigenvalue weighted by molar-refractivity contribution is 0.112. The average molecular weight is 85.1 g/mol. The fourth-order valence-corrected chi connectivity index (χ4v) is 0.378. The van der Waals surface area contributed by atoms with Gasteiger partial charge < -0.3 is 0 Å². The average Bonchev–Trinajstić information content (AvgIpc) is 1.86. The molecule has 1 heterocycles. The standard InChI is InChI=1S/C4H7NO/c1-4-2-3-6-5-4/h5H,1-3H2. The summed E-state index contributed by atoms with van der Waals surface area (Å²) in [7, 11) is 0. The highest BCUT2D eigenvalue weighted by Crippen LogP contribution is 1.99. The summed E-state index contributed by atoms with van der Waals surface area (Å²) in [5, 5.41) is 0. The van der Waals surface area contributed by atoms with Gasteiger partial charge in [0.1, 0.15) is 0 Å². The number of rotatable bonds is 0. The van der Waals surface area contributed by atoms with E-state index in [-0.39, 0.29) is 0 Å². The van der Waals surface area contributed by atoms with Crippen molar-refractivity contribution in [2.24, 2.45) is 0 Å². The number of hydrogen-bond donors (Lipinski definition) is 1. The van der Waals surface area contributed by atoms with E-state index in [9.17, 15) is 0 Å². The van der Waals surface area contributed by atoms with Gasteiger partial charge in [0, 0.05) is 12.1 Å². The van der Waals surface area contributed by atoms with Gasteiger partial charge in [-0.25, -0.2) is 0 Å². The molecule has 1 aliphatic heterocycles. The summed E-state index contributed by atoms with van der Waals surface area (Å²) in [5.41, 5.74) is 3.61. The lowest BCUT2D eigenvalue weighted by Crippen LogP contribution is -1.99. The van der Waals surface area contributed by atoms with Crippen LogP contribution in [0.1, 0.15) is 6.42 Å². The van der Waals surface area contributed by atoms with E-state index in [4.69, 9.17) is 4.84 Å². The van der Waals surface area contributed by atoms with E-state index in [0.717, 1.165) is 18.7 Å². The third-order valence-corrected chi connectivity index (χ3v) is 0.722. The lowest BCUT2D eigenvalue weighted by Gasteiger charge is -1.86. The zero-order valence-electron chi connectivity index (χ0n) is 3.53. The molecule has 0 amide bonds. The molecule has 1 saturated heterocycles. The molecule has 0 atom stereocenters.